The predicted molar refractivity (Wildman–Crippen MR) is 54.1 cm³/mol. The summed E-state index contributed by atoms with van der Waals surface area (Å²) in [5, 5.41) is 0.415. The van der Waals surface area contributed by atoms with Crippen molar-refractivity contribution < 1.29 is 0 Å². The maximum absolute atomic E-state index is 5.72. The van der Waals surface area contributed by atoms with Crippen molar-refractivity contribution in [2.45, 2.75) is 6.42 Å². The first kappa shape index (κ1) is 9.09. The van der Waals surface area contributed by atoms with E-state index in [-0.39, 0.29) is 0 Å². The van der Waals surface area contributed by atoms with Crippen LogP contribution in [-0.4, -0.2) is 15.0 Å². The molecule has 0 bridgehead atoms. The summed E-state index contributed by atoms with van der Waals surface area (Å²) in [6, 6.07) is 5.77. The maximum Gasteiger partial charge on any atom is 0.147 e. The van der Waals surface area contributed by atoms with E-state index in [0.29, 0.717) is 11.6 Å². The molecule has 0 saturated carbocycles. The van der Waals surface area contributed by atoms with Gasteiger partial charge in [0.2, 0.25) is 0 Å². The lowest BCUT2D eigenvalue weighted by Gasteiger charge is -1.99. The van der Waals surface area contributed by atoms with Crippen LogP contribution in [0.15, 0.2) is 36.8 Å². The molecule has 2 rings (SSSR count). The second-order valence-electron chi connectivity index (χ2n) is 2.83. The maximum atomic E-state index is 5.72. The Kier molecular flexibility index (Phi) is 2.70. The van der Waals surface area contributed by atoms with E-state index < -0.39 is 0 Å². The molecular formula is C10H8ClN3. The fourth-order valence-corrected chi connectivity index (χ4v) is 1.32. The third-order valence-corrected chi connectivity index (χ3v) is 1.93. The average molecular weight is 206 g/mol. The van der Waals surface area contributed by atoms with Gasteiger partial charge in [-0.05, 0) is 12.1 Å². The molecule has 2 heterocycles. The van der Waals surface area contributed by atoms with Gasteiger partial charge in [0.05, 0.1) is 11.9 Å². The van der Waals surface area contributed by atoms with Crippen molar-refractivity contribution in [3.8, 4) is 0 Å². The standard InChI is InChI=1S/C10H8ClN3/c11-10-7-12-6-9(14-10)5-8-3-1-2-4-13-8/h1-4,6-7H,5H2. The van der Waals surface area contributed by atoms with Gasteiger partial charge in [0, 0.05) is 24.5 Å². The van der Waals surface area contributed by atoms with Crippen LogP contribution in [0.25, 0.3) is 0 Å². The van der Waals surface area contributed by atoms with Crippen molar-refractivity contribution >= 4 is 11.6 Å². The van der Waals surface area contributed by atoms with Gasteiger partial charge in [-0.1, -0.05) is 17.7 Å². The van der Waals surface area contributed by atoms with Crippen molar-refractivity contribution in [2.24, 2.45) is 0 Å². The number of hydrogen-bond donors (Lipinski definition) is 0. The first-order valence-corrected chi connectivity index (χ1v) is 4.59. The Hall–Kier alpha value is -1.48. The summed E-state index contributed by atoms with van der Waals surface area (Å²) in [5.74, 6) is 0. The molecule has 0 radical (unpaired) electrons. The van der Waals surface area contributed by atoms with Crippen LogP contribution in [0.1, 0.15) is 11.4 Å². The zero-order valence-electron chi connectivity index (χ0n) is 7.39. The lowest BCUT2D eigenvalue weighted by molar-refractivity contribution is 0.987. The quantitative estimate of drug-likeness (QED) is 0.754. The number of halogens is 1. The van der Waals surface area contributed by atoms with E-state index in [9.17, 15) is 0 Å². The summed E-state index contributed by atoms with van der Waals surface area (Å²) in [6.07, 6.45) is 5.63. The van der Waals surface area contributed by atoms with E-state index >= 15 is 0 Å². The van der Waals surface area contributed by atoms with E-state index in [0.717, 1.165) is 11.4 Å². The molecule has 0 aliphatic carbocycles. The van der Waals surface area contributed by atoms with Crippen LogP contribution < -0.4 is 0 Å². The zero-order chi connectivity index (χ0) is 9.80. The van der Waals surface area contributed by atoms with E-state index in [1.54, 1.807) is 12.4 Å². The van der Waals surface area contributed by atoms with Crippen molar-refractivity contribution in [1.82, 2.24) is 15.0 Å². The summed E-state index contributed by atoms with van der Waals surface area (Å²) in [4.78, 5) is 12.3. The molecule has 0 aliphatic heterocycles. The van der Waals surface area contributed by atoms with Crippen molar-refractivity contribution in [1.29, 1.82) is 0 Å². The van der Waals surface area contributed by atoms with Gasteiger partial charge < -0.3 is 0 Å². The highest BCUT2D eigenvalue weighted by molar-refractivity contribution is 6.29. The molecule has 70 valence electrons. The zero-order valence-corrected chi connectivity index (χ0v) is 8.15. The fraction of sp³-hybridized carbons (Fsp3) is 0.100. The first-order valence-electron chi connectivity index (χ1n) is 4.21. The Labute approximate surface area is 86.8 Å². The highest BCUT2D eigenvalue weighted by Crippen LogP contribution is 2.06. The normalized spacial score (nSPS) is 10.1. The number of aromatic nitrogens is 3. The minimum atomic E-state index is 0.415. The molecule has 0 amide bonds. The van der Waals surface area contributed by atoms with Crippen LogP contribution >= 0.6 is 11.6 Å². The molecule has 0 N–H and O–H groups in total. The monoisotopic (exact) mass is 205 g/mol. The van der Waals surface area contributed by atoms with Gasteiger partial charge in [-0.15, -0.1) is 0 Å². The minimum Gasteiger partial charge on any atom is -0.261 e. The summed E-state index contributed by atoms with van der Waals surface area (Å²) >= 11 is 5.72. The third-order valence-electron chi connectivity index (χ3n) is 1.74. The van der Waals surface area contributed by atoms with Gasteiger partial charge in [-0.25, -0.2) is 4.98 Å². The second-order valence-corrected chi connectivity index (χ2v) is 3.22. The lowest BCUT2D eigenvalue weighted by Crippen LogP contribution is -1.95. The van der Waals surface area contributed by atoms with Crippen LogP contribution in [0, 0.1) is 0 Å². The molecule has 0 aromatic carbocycles. The molecule has 0 aliphatic rings. The molecular weight excluding hydrogens is 198 g/mol. The SMILES string of the molecule is Clc1cncc(Cc2ccccn2)n1. The summed E-state index contributed by atoms with van der Waals surface area (Å²) in [6.45, 7) is 0. The van der Waals surface area contributed by atoms with Crippen molar-refractivity contribution in [3.63, 3.8) is 0 Å². The van der Waals surface area contributed by atoms with Gasteiger partial charge in [0.1, 0.15) is 5.15 Å². The largest absolute Gasteiger partial charge is 0.261 e. The van der Waals surface area contributed by atoms with Crippen molar-refractivity contribution in [2.75, 3.05) is 0 Å². The Morgan fingerprint density at radius 3 is 2.79 bits per heavy atom. The molecule has 3 nitrogen and oxygen atoms in total. The van der Waals surface area contributed by atoms with Crippen molar-refractivity contribution in [3.05, 3.63) is 53.3 Å². The molecule has 2 aromatic heterocycles. The molecule has 2 aromatic rings. The molecule has 0 unspecified atom stereocenters. The number of rotatable bonds is 2. The first-order chi connectivity index (χ1) is 6.84. The smallest absolute Gasteiger partial charge is 0.147 e. The predicted octanol–water partition coefficient (Wildman–Crippen LogP) is 2.12. The summed E-state index contributed by atoms with van der Waals surface area (Å²) < 4.78 is 0. The Balaban J connectivity index is 2.19. The fourth-order valence-electron chi connectivity index (χ4n) is 1.15. The topological polar surface area (TPSA) is 38.7 Å². The van der Waals surface area contributed by atoms with Crippen LogP contribution in [-0.2, 0) is 6.42 Å². The van der Waals surface area contributed by atoms with Gasteiger partial charge in [-0.2, -0.15) is 0 Å². The molecule has 0 spiro atoms. The van der Waals surface area contributed by atoms with E-state index in [1.165, 1.54) is 6.20 Å². The number of hydrogen-bond acceptors (Lipinski definition) is 3. The number of nitrogens with zero attached hydrogens (tertiary/aromatic N) is 3. The molecule has 14 heavy (non-hydrogen) atoms. The second kappa shape index (κ2) is 4.15. The van der Waals surface area contributed by atoms with Gasteiger partial charge in [0.15, 0.2) is 0 Å². The van der Waals surface area contributed by atoms with Gasteiger partial charge in [0.25, 0.3) is 0 Å². The minimum absolute atomic E-state index is 0.415. The summed E-state index contributed by atoms with van der Waals surface area (Å²) in [7, 11) is 0. The lowest BCUT2D eigenvalue weighted by atomic mass is 10.2. The highest BCUT2D eigenvalue weighted by Gasteiger charge is 1.99. The molecule has 0 fully saturated rings. The summed E-state index contributed by atoms with van der Waals surface area (Å²) in [5.41, 5.74) is 1.79. The van der Waals surface area contributed by atoms with Crippen LogP contribution in [0.4, 0.5) is 0 Å². The van der Waals surface area contributed by atoms with E-state index in [2.05, 4.69) is 15.0 Å². The Morgan fingerprint density at radius 1 is 1.14 bits per heavy atom. The molecule has 4 heteroatoms. The molecule has 0 saturated heterocycles. The van der Waals surface area contributed by atoms with E-state index in [1.807, 2.05) is 18.2 Å². The average Bonchev–Trinajstić information content (AvgIpc) is 2.19. The Bertz CT molecular complexity index is 417. The third kappa shape index (κ3) is 2.26. The number of pyridine rings is 1. The highest BCUT2D eigenvalue weighted by atomic mass is 35.5. The van der Waals surface area contributed by atoms with Gasteiger partial charge >= 0.3 is 0 Å². The van der Waals surface area contributed by atoms with Crippen LogP contribution in [0.3, 0.4) is 0 Å². The van der Waals surface area contributed by atoms with E-state index in [4.69, 9.17) is 11.6 Å². The van der Waals surface area contributed by atoms with Crippen LogP contribution in [0.5, 0.6) is 0 Å². The van der Waals surface area contributed by atoms with Gasteiger partial charge in [-0.3, -0.25) is 9.97 Å². The Morgan fingerprint density at radius 2 is 2.07 bits per heavy atom. The van der Waals surface area contributed by atoms with Crippen LogP contribution in [0.2, 0.25) is 5.15 Å². The molecule has 0 atom stereocenters.